The largest absolute Gasteiger partial charge is 0.465 e. The van der Waals surface area contributed by atoms with Crippen LogP contribution < -0.4 is 0 Å². The van der Waals surface area contributed by atoms with Gasteiger partial charge in [-0.2, -0.15) is 0 Å². The molecule has 0 N–H and O–H groups in total. The number of hydrogen-bond acceptors (Lipinski definition) is 2. The second-order valence-electron chi connectivity index (χ2n) is 4.97. The van der Waals surface area contributed by atoms with E-state index in [1.165, 1.54) is 5.56 Å². The molecule has 1 aliphatic rings. The molecular weight excluding hydrogens is 236 g/mol. The van der Waals surface area contributed by atoms with Gasteiger partial charge in [0.05, 0.1) is 12.5 Å². The molecule has 1 fully saturated rings. The van der Waals surface area contributed by atoms with Gasteiger partial charge >= 0.3 is 5.97 Å². The number of benzene rings is 2. The van der Waals surface area contributed by atoms with E-state index >= 15 is 0 Å². The lowest BCUT2D eigenvalue weighted by Crippen LogP contribution is -2.16. The lowest BCUT2D eigenvalue weighted by molar-refractivity contribution is -0.139. The predicted molar refractivity (Wildman–Crippen MR) is 73.8 cm³/mol. The summed E-state index contributed by atoms with van der Waals surface area (Å²) in [4.78, 5) is 12.0. The maximum absolute atomic E-state index is 12.0. The van der Waals surface area contributed by atoms with Gasteiger partial charge in [-0.3, -0.25) is 4.79 Å². The van der Waals surface area contributed by atoms with E-state index < -0.39 is 0 Å². The van der Waals surface area contributed by atoms with Crippen LogP contribution in [0.2, 0.25) is 0 Å². The second kappa shape index (κ2) is 5.27. The minimum atomic E-state index is -0.124. The summed E-state index contributed by atoms with van der Waals surface area (Å²) >= 11 is 0. The summed E-state index contributed by atoms with van der Waals surface area (Å²) in [6.45, 7) is 0.521. The molecule has 0 spiro atoms. The highest BCUT2D eigenvalue weighted by Gasteiger charge is 2.37. The second-order valence-corrected chi connectivity index (χ2v) is 4.97. The number of carbonyl (C=O) groups is 1. The summed E-state index contributed by atoms with van der Waals surface area (Å²) in [5, 5.41) is 0. The van der Waals surface area contributed by atoms with Crippen molar-refractivity contribution in [2.75, 3.05) is 6.61 Å². The van der Waals surface area contributed by atoms with E-state index in [9.17, 15) is 4.79 Å². The zero-order chi connectivity index (χ0) is 13.1. The van der Waals surface area contributed by atoms with Crippen molar-refractivity contribution in [1.82, 2.24) is 0 Å². The van der Waals surface area contributed by atoms with E-state index in [0.29, 0.717) is 6.61 Å². The standard InChI is InChI=1S/C17H16O2/c18-17-16(14-9-5-2-6-10-14)15(12-19-17)11-13-7-3-1-4-8-13/h1-10,15-16H,11-12H2/t15-,16+/m1/s1. The number of ether oxygens (including phenoxy) is 1. The molecule has 0 amide bonds. The van der Waals surface area contributed by atoms with E-state index in [4.69, 9.17) is 4.74 Å². The molecule has 1 saturated heterocycles. The van der Waals surface area contributed by atoms with Gasteiger partial charge in [-0.25, -0.2) is 0 Å². The van der Waals surface area contributed by atoms with Crippen molar-refractivity contribution in [3.05, 3.63) is 71.8 Å². The highest BCUT2D eigenvalue weighted by Crippen LogP contribution is 2.34. The Bertz CT molecular complexity index is 548. The van der Waals surface area contributed by atoms with Crippen LogP contribution >= 0.6 is 0 Å². The normalized spacial score (nSPS) is 22.2. The molecule has 2 heteroatoms. The molecule has 2 atom stereocenters. The molecule has 0 radical (unpaired) electrons. The number of carbonyl (C=O) groups excluding carboxylic acids is 1. The SMILES string of the molecule is O=C1OC[C@@H](Cc2ccccc2)[C@@H]1c1ccccc1. The molecule has 0 aromatic heterocycles. The molecule has 0 saturated carbocycles. The topological polar surface area (TPSA) is 26.3 Å². The molecule has 2 aromatic carbocycles. The van der Waals surface area contributed by atoms with Crippen LogP contribution in [0.3, 0.4) is 0 Å². The van der Waals surface area contributed by atoms with E-state index in [0.717, 1.165) is 12.0 Å². The number of rotatable bonds is 3. The van der Waals surface area contributed by atoms with Crippen LogP contribution in [0.15, 0.2) is 60.7 Å². The number of cyclic esters (lactones) is 1. The number of hydrogen-bond donors (Lipinski definition) is 0. The van der Waals surface area contributed by atoms with Gasteiger partial charge in [-0.1, -0.05) is 60.7 Å². The Morgan fingerprint density at radius 3 is 2.26 bits per heavy atom. The molecule has 0 unspecified atom stereocenters. The van der Waals surface area contributed by atoms with Gasteiger partial charge in [0.15, 0.2) is 0 Å². The molecule has 0 bridgehead atoms. The lowest BCUT2D eigenvalue weighted by Gasteiger charge is -2.15. The summed E-state index contributed by atoms with van der Waals surface area (Å²) in [5.41, 5.74) is 2.32. The Kier molecular flexibility index (Phi) is 3.32. The first-order chi connectivity index (χ1) is 9.34. The molecule has 3 rings (SSSR count). The van der Waals surface area contributed by atoms with E-state index in [1.54, 1.807) is 0 Å². The summed E-state index contributed by atoms with van der Waals surface area (Å²) in [6, 6.07) is 20.2. The van der Waals surface area contributed by atoms with Crippen LogP contribution in [-0.4, -0.2) is 12.6 Å². The Morgan fingerprint density at radius 1 is 0.947 bits per heavy atom. The first-order valence-corrected chi connectivity index (χ1v) is 6.60. The zero-order valence-electron chi connectivity index (χ0n) is 10.7. The average molecular weight is 252 g/mol. The molecule has 1 heterocycles. The first-order valence-electron chi connectivity index (χ1n) is 6.60. The fourth-order valence-electron chi connectivity index (χ4n) is 2.73. The van der Waals surface area contributed by atoms with Gasteiger partial charge in [-0.05, 0) is 17.5 Å². The Balaban J connectivity index is 1.83. The third kappa shape index (κ3) is 2.53. The molecule has 0 aliphatic carbocycles. The van der Waals surface area contributed by atoms with Gasteiger partial charge < -0.3 is 4.74 Å². The fourth-order valence-corrected chi connectivity index (χ4v) is 2.73. The van der Waals surface area contributed by atoms with Crippen LogP contribution in [0.4, 0.5) is 0 Å². The minimum absolute atomic E-state index is 0.0906. The van der Waals surface area contributed by atoms with Crippen LogP contribution in [-0.2, 0) is 16.0 Å². The average Bonchev–Trinajstić information content (AvgIpc) is 2.82. The van der Waals surface area contributed by atoms with Crippen molar-refractivity contribution >= 4 is 5.97 Å². The lowest BCUT2D eigenvalue weighted by atomic mass is 9.84. The smallest absolute Gasteiger partial charge is 0.313 e. The van der Waals surface area contributed by atoms with Gasteiger partial charge in [0.25, 0.3) is 0 Å². The zero-order valence-corrected chi connectivity index (χ0v) is 10.7. The number of esters is 1. The van der Waals surface area contributed by atoms with Crippen molar-refractivity contribution in [3.8, 4) is 0 Å². The van der Waals surface area contributed by atoms with Gasteiger partial charge in [0.2, 0.25) is 0 Å². The maximum Gasteiger partial charge on any atom is 0.313 e. The fraction of sp³-hybridized carbons (Fsp3) is 0.235. The summed E-state index contributed by atoms with van der Waals surface area (Å²) in [5.74, 6) is 0.0193. The summed E-state index contributed by atoms with van der Waals surface area (Å²) in [7, 11) is 0. The third-order valence-electron chi connectivity index (χ3n) is 3.66. The Hall–Kier alpha value is -2.09. The van der Waals surface area contributed by atoms with Crippen LogP contribution in [0, 0.1) is 5.92 Å². The van der Waals surface area contributed by atoms with Crippen molar-refractivity contribution in [2.45, 2.75) is 12.3 Å². The molecule has 1 aliphatic heterocycles. The van der Waals surface area contributed by atoms with Gasteiger partial charge in [0.1, 0.15) is 0 Å². The van der Waals surface area contributed by atoms with Crippen molar-refractivity contribution < 1.29 is 9.53 Å². The predicted octanol–water partition coefficient (Wildman–Crippen LogP) is 3.19. The highest BCUT2D eigenvalue weighted by molar-refractivity contribution is 5.80. The molecule has 2 nitrogen and oxygen atoms in total. The summed E-state index contributed by atoms with van der Waals surface area (Å²) in [6.07, 6.45) is 0.881. The quantitative estimate of drug-likeness (QED) is 0.784. The van der Waals surface area contributed by atoms with E-state index in [-0.39, 0.29) is 17.8 Å². The maximum atomic E-state index is 12.0. The van der Waals surface area contributed by atoms with E-state index in [2.05, 4.69) is 12.1 Å². The van der Waals surface area contributed by atoms with E-state index in [1.807, 2.05) is 48.5 Å². The van der Waals surface area contributed by atoms with Gasteiger partial charge in [0, 0.05) is 5.92 Å². The first kappa shape index (κ1) is 12.0. The van der Waals surface area contributed by atoms with Crippen LogP contribution in [0.5, 0.6) is 0 Å². The highest BCUT2D eigenvalue weighted by atomic mass is 16.5. The Labute approximate surface area is 113 Å². The summed E-state index contributed by atoms with van der Waals surface area (Å²) < 4.78 is 5.27. The van der Waals surface area contributed by atoms with Crippen LogP contribution in [0.25, 0.3) is 0 Å². The van der Waals surface area contributed by atoms with Crippen molar-refractivity contribution in [2.24, 2.45) is 5.92 Å². The van der Waals surface area contributed by atoms with Crippen molar-refractivity contribution in [3.63, 3.8) is 0 Å². The molecule has 2 aromatic rings. The monoisotopic (exact) mass is 252 g/mol. The molecular formula is C17H16O2. The minimum Gasteiger partial charge on any atom is -0.465 e. The molecule has 19 heavy (non-hydrogen) atoms. The van der Waals surface area contributed by atoms with Crippen molar-refractivity contribution in [1.29, 1.82) is 0 Å². The Morgan fingerprint density at radius 2 is 1.58 bits per heavy atom. The third-order valence-corrected chi connectivity index (χ3v) is 3.66. The molecule has 96 valence electrons. The van der Waals surface area contributed by atoms with Gasteiger partial charge in [-0.15, -0.1) is 0 Å². The van der Waals surface area contributed by atoms with Crippen LogP contribution in [0.1, 0.15) is 17.0 Å².